The Balaban J connectivity index is 1.05. The fourth-order valence-corrected chi connectivity index (χ4v) is 10.0. The quantitative estimate of drug-likeness (QED) is 0.154. The van der Waals surface area contributed by atoms with Crippen molar-refractivity contribution in [1.29, 1.82) is 0 Å². The molecule has 5 fully saturated rings. The van der Waals surface area contributed by atoms with Crippen LogP contribution in [0.4, 0.5) is 23.5 Å². The largest absolute Gasteiger partial charge is 0.490 e. The van der Waals surface area contributed by atoms with Crippen LogP contribution in [0.15, 0.2) is 73.4 Å². The first-order valence-electron chi connectivity index (χ1n) is 19.1. The maximum atomic E-state index is 15.3. The number of pyridine rings is 2. The number of amides is 1. The molecule has 5 aromatic rings. The summed E-state index contributed by atoms with van der Waals surface area (Å²) in [7, 11) is 0. The lowest BCUT2D eigenvalue weighted by Crippen LogP contribution is -2.66. The van der Waals surface area contributed by atoms with E-state index < -0.39 is 40.7 Å². The zero-order valence-electron chi connectivity index (χ0n) is 30.3. The number of aliphatic carboxylic acids is 1. The van der Waals surface area contributed by atoms with Gasteiger partial charge in [0.05, 0.1) is 28.7 Å². The first-order chi connectivity index (χ1) is 27.0. The van der Waals surface area contributed by atoms with Gasteiger partial charge in [-0.25, -0.2) is 24.1 Å². The maximum absolute atomic E-state index is 15.3. The van der Waals surface area contributed by atoms with Crippen molar-refractivity contribution in [2.45, 2.75) is 69.2 Å². The van der Waals surface area contributed by atoms with E-state index >= 15 is 4.39 Å². The molecule has 10 rings (SSSR count). The van der Waals surface area contributed by atoms with Gasteiger partial charge in [-0.2, -0.15) is 13.2 Å². The van der Waals surface area contributed by atoms with Gasteiger partial charge in [0, 0.05) is 67.7 Å². The zero-order valence-corrected chi connectivity index (χ0v) is 30.3. The summed E-state index contributed by atoms with van der Waals surface area (Å²) in [5, 5.41) is 13.8. The van der Waals surface area contributed by atoms with Gasteiger partial charge in [-0.3, -0.25) is 9.78 Å². The van der Waals surface area contributed by atoms with Gasteiger partial charge >= 0.3 is 12.1 Å². The van der Waals surface area contributed by atoms with E-state index in [0.29, 0.717) is 86.1 Å². The fraction of sp³-hybridized carbons (Fsp3) is 0.415. The fourth-order valence-electron chi connectivity index (χ4n) is 10.0. The molecule has 2 N–H and O–H groups in total. The molecule has 1 aliphatic heterocycles. The molecule has 5 aliphatic rings. The molecule has 4 saturated carbocycles. The number of piperidine rings is 1. The second-order valence-corrected chi connectivity index (χ2v) is 15.6. The highest BCUT2D eigenvalue weighted by Gasteiger charge is 2.60. The number of nitrogens with one attached hydrogen (secondary N) is 1. The van der Waals surface area contributed by atoms with Gasteiger partial charge in [-0.15, -0.1) is 0 Å². The number of carboxylic acids is 1. The predicted octanol–water partition coefficient (Wildman–Crippen LogP) is 7.48. The summed E-state index contributed by atoms with van der Waals surface area (Å²) in [6.07, 6.45) is 7.92. The Morgan fingerprint density at radius 3 is 2.43 bits per heavy atom. The minimum atomic E-state index is -5.06. The highest BCUT2D eigenvalue weighted by molar-refractivity contribution is 6.01. The first-order valence-corrected chi connectivity index (χ1v) is 19.1. The van der Waals surface area contributed by atoms with Crippen LogP contribution in [0.1, 0.15) is 67.4 Å². The molecule has 4 aromatic heterocycles. The standard InChI is InChI=1S/C41H39F4N7O4/c42-32-21-46-13-8-34(32)52-22-31(29-5-4-28(20-35(29)52)56-27-9-14-51(15-10-27)39-47-11-1-12-48-39)33-7-6-30(36(49-33)41(43,44)45)37(53)50-40(38(54)55)25-3-2-23-16-24(18-25)19-26(40)17-23/h1,4-8,11-13,20-27H,2-3,9-10,14-19H2,(H,50,53)(H,54,55). The molecule has 0 radical (unpaired) electrons. The Morgan fingerprint density at radius 2 is 1.68 bits per heavy atom. The van der Waals surface area contributed by atoms with Gasteiger partial charge in [-0.1, -0.05) is 6.42 Å². The number of halogens is 4. The first kappa shape index (κ1) is 36.1. The van der Waals surface area contributed by atoms with Crippen molar-refractivity contribution in [2.24, 2.45) is 23.7 Å². The third kappa shape index (κ3) is 6.30. The summed E-state index contributed by atoms with van der Waals surface area (Å²) in [6.45, 7) is 1.36. The highest BCUT2D eigenvalue weighted by atomic mass is 19.4. The molecule has 4 aliphatic carbocycles. The number of nitrogens with zero attached hydrogens (tertiary/aromatic N) is 6. The predicted molar refractivity (Wildman–Crippen MR) is 197 cm³/mol. The van der Waals surface area contributed by atoms with Crippen LogP contribution in [0.25, 0.3) is 27.8 Å². The highest BCUT2D eigenvalue weighted by Crippen LogP contribution is 2.56. The number of carboxylic acid groups (broad SMARTS) is 1. The molecule has 15 heteroatoms. The summed E-state index contributed by atoms with van der Waals surface area (Å²) in [5.74, 6) is -1.83. The number of aromatic nitrogens is 5. The number of hydrogen-bond acceptors (Lipinski definition) is 8. The number of hydrogen-bond donors (Lipinski definition) is 2. The van der Waals surface area contributed by atoms with Crippen molar-refractivity contribution in [3.05, 3.63) is 90.5 Å². The molecule has 290 valence electrons. The van der Waals surface area contributed by atoms with Crippen molar-refractivity contribution in [2.75, 3.05) is 18.0 Å². The minimum absolute atomic E-state index is 0.101. The van der Waals surface area contributed by atoms with Crippen LogP contribution in [0.3, 0.4) is 0 Å². The average Bonchev–Trinajstić information content (AvgIpc) is 3.44. The zero-order chi connectivity index (χ0) is 38.8. The number of ether oxygens (including phenoxy) is 1. The van der Waals surface area contributed by atoms with E-state index in [9.17, 15) is 27.9 Å². The lowest BCUT2D eigenvalue weighted by Gasteiger charge is -2.50. The van der Waals surface area contributed by atoms with Crippen molar-refractivity contribution >= 4 is 28.7 Å². The van der Waals surface area contributed by atoms with E-state index in [1.54, 1.807) is 36.7 Å². The van der Waals surface area contributed by atoms with Crippen molar-refractivity contribution in [1.82, 2.24) is 29.8 Å². The Bertz CT molecular complexity index is 2300. The summed E-state index contributed by atoms with van der Waals surface area (Å²) < 4.78 is 67.8. The number of rotatable bonds is 8. The Hall–Kier alpha value is -5.60. The summed E-state index contributed by atoms with van der Waals surface area (Å²) in [5.41, 5.74) is -3.11. The number of carbonyl (C=O) groups is 2. The van der Waals surface area contributed by atoms with Gasteiger partial charge < -0.3 is 24.6 Å². The third-order valence-electron chi connectivity index (χ3n) is 12.5. The number of anilines is 1. The van der Waals surface area contributed by atoms with Crippen molar-refractivity contribution in [3.8, 4) is 22.7 Å². The van der Waals surface area contributed by atoms with Crippen molar-refractivity contribution in [3.63, 3.8) is 0 Å². The third-order valence-corrected chi connectivity index (χ3v) is 12.5. The normalized spacial score (nSPS) is 25.0. The Morgan fingerprint density at radius 1 is 0.911 bits per heavy atom. The number of benzene rings is 1. The molecular weight excluding hydrogens is 730 g/mol. The molecule has 1 amide bonds. The second-order valence-electron chi connectivity index (χ2n) is 15.6. The topological polar surface area (TPSA) is 135 Å². The van der Waals surface area contributed by atoms with E-state index in [0.717, 1.165) is 25.1 Å². The number of fused-ring (bicyclic) bond motifs is 2. The van der Waals surface area contributed by atoms with E-state index in [2.05, 4.69) is 30.2 Å². The van der Waals surface area contributed by atoms with Crippen LogP contribution in [0.5, 0.6) is 5.75 Å². The Kier molecular flexibility index (Phi) is 8.92. The van der Waals surface area contributed by atoms with Gasteiger partial charge in [0.15, 0.2) is 11.5 Å². The average molecular weight is 770 g/mol. The molecular formula is C41H39F4N7O4. The van der Waals surface area contributed by atoms with Crippen LogP contribution in [0, 0.1) is 29.5 Å². The molecule has 5 atom stereocenters. The summed E-state index contributed by atoms with van der Waals surface area (Å²) in [6, 6.07) is 10.7. The van der Waals surface area contributed by atoms with Crippen LogP contribution in [-0.4, -0.2) is 66.2 Å². The number of carbonyl (C=O) groups excluding carboxylic acids is 1. The van der Waals surface area contributed by atoms with Gasteiger partial charge in [0.2, 0.25) is 5.95 Å². The lowest BCUT2D eigenvalue weighted by atomic mass is 9.58. The van der Waals surface area contributed by atoms with Crippen molar-refractivity contribution < 1.29 is 37.0 Å². The molecule has 11 nitrogen and oxygen atoms in total. The molecule has 5 heterocycles. The van der Waals surface area contributed by atoms with Crippen LogP contribution in [-0.2, 0) is 11.0 Å². The van der Waals surface area contributed by atoms with Crippen LogP contribution < -0.4 is 15.0 Å². The smallest absolute Gasteiger partial charge is 0.434 e. The van der Waals surface area contributed by atoms with E-state index in [4.69, 9.17) is 4.74 Å². The van der Waals surface area contributed by atoms with Crippen LogP contribution in [0.2, 0.25) is 0 Å². The minimum Gasteiger partial charge on any atom is -0.490 e. The molecule has 1 aromatic carbocycles. The SMILES string of the molecule is O=C(NC1(C(=O)O)C2CCC3CC(C2)CC1C3)c1ccc(-c2cn(-c3ccncc3F)c3cc(OC4CCN(c5ncccn5)CC4)ccc23)nc1C(F)(F)F. The van der Waals surface area contributed by atoms with Gasteiger partial charge in [0.1, 0.15) is 17.4 Å². The number of alkyl halides is 3. The molecule has 4 bridgehead atoms. The Labute approximate surface area is 319 Å². The lowest BCUT2D eigenvalue weighted by molar-refractivity contribution is -0.154. The summed E-state index contributed by atoms with van der Waals surface area (Å²) in [4.78, 5) is 45.6. The van der Waals surface area contributed by atoms with E-state index in [-0.39, 0.29) is 34.9 Å². The second kappa shape index (κ2) is 13.9. The molecule has 5 unspecified atom stereocenters. The molecule has 1 saturated heterocycles. The van der Waals surface area contributed by atoms with Gasteiger partial charge in [-0.05, 0) is 92.2 Å². The maximum Gasteiger partial charge on any atom is 0.434 e. The monoisotopic (exact) mass is 769 g/mol. The molecule has 0 spiro atoms. The summed E-state index contributed by atoms with van der Waals surface area (Å²) >= 11 is 0. The molecule has 56 heavy (non-hydrogen) atoms. The van der Waals surface area contributed by atoms with Gasteiger partial charge in [0.25, 0.3) is 5.91 Å². The van der Waals surface area contributed by atoms with E-state index in [1.807, 2.05) is 0 Å². The van der Waals surface area contributed by atoms with E-state index in [1.165, 1.54) is 29.1 Å². The van der Waals surface area contributed by atoms with Crippen LogP contribution >= 0.6 is 0 Å².